The van der Waals surface area contributed by atoms with Gasteiger partial charge in [-0.1, -0.05) is 19.1 Å². The second-order valence-electron chi connectivity index (χ2n) is 6.11. The fraction of sp³-hybridized carbons (Fsp3) is 0.286. The number of anilines is 1. The molecule has 2 aromatic rings. The molecular formula is C21H25N3O4S. The first-order valence-electron chi connectivity index (χ1n) is 9.26. The van der Waals surface area contributed by atoms with Crippen LogP contribution in [0.25, 0.3) is 0 Å². The van der Waals surface area contributed by atoms with E-state index >= 15 is 0 Å². The fourth-order valence-corrected chi connectivity index (χ4v) is 2.60. The summed E-state index contributed by atoms with van der Waals surface area (Å²) in [4.78, 5) is 24.5. The van der Waals surface area contributed by atoms with Crippen LogP contribution in [0.5, 0.6) is 5.75 Å². The van der Waals surface area contributed by atoms with E-state index < -0.39 is 0 Å². The van der Waals surface area contributed by atoms with Gasteiger partial charge in [0.15, 0.2) is 5.11 Å². The van der Waals surface area contributed by atoms with Crippen LogP contribution in [-0.4, -0.2) is 43.8 Å². The molecule has 29 heavy (non-hydrogen) atoms. The first kappa shape index (κ1) is 22.3. The third kappa shape index (κ3) is 7.52. The molecule has 0 atom stereocenters. The van der Waals surface area contributed by atoms with E-state index in [0.29, 0.717) is 42.3 Å². The van der Waals surface area contributed by atoms with Crippen LogP contribution in [0, 0.1) is 0 Å². The van der Waals surface area contributed by atoms with Gasteiger partial charge in [0.25, 0.3) is 11.8 Å². The molecule has 0 aliphatic carbocycles. The van der Waals surface area contributed by atoms with Gasteiger partial charge in [-0.3, -0.25) is 14.9 Å². The minimum absolute atomic E-state index is 0.131. The maximum Gasteiger partial charge on any atom is 0.257 e. The molecule has 0 unspecified atom stereocenters. The Morgan fingerprint density at radius 3 is 2.45 bits per heavy atom. The third-order valence-corrected chi connectivity index (χ3v) is 3.97. The molecule has 0 aliphatic rings. The average molecular weight is 416 g/mol. The summed E-state index contributed by atoms with van der Waals surface area (Å²) in [6.07, 6.45) is 0.883. The van der Waals surface area contributed by atoms with Crippen LogP contribution in [0.2, 0.25) is 0 Å². The number of carbonyl (C=O) groups excluding carboxylic acids is 2. The molecule has 0 spiro atoms. The van der Waals surface area contributed by atoms with E-state index in [4.69, 9.17) is 21.7 Å². The highest BCUT2D eigenvalue weighted by atomic mass is 32.1. The van der Waals surface area contributed by atoms with Crippen LogP contribution >= 0.6 is 12.2 Å². The maximum absolute atomic E-state index is 12.4. The Morgan fingerprint density at radius 2 is 1.72 bits per heavy atom. The number of methoxy groups -OCH3 is 1. The van der Waals surface area contributed by atoms with Gasteiger partial charge in [0.05, 0.1) is 13.2 Å². The zero-order valence-electron chi connectivity index (χ0n) is 16.5. The summed E-state index contributed by atoms with van der Waals surface area (Å²) in [5.41, 5.74) is 1.50. The number of benzene rings is 2. The lowest BCUT2D eigenvalue weighted by molar-refractivity contribution is 0.0935. The second kappa shape index (κ2) is 11.8. The largest absolute Gasteiger partial charge is 0.494 e. The zero-order chi connectivity index (χ0) is 21.1. The van der Waals surface area contributed by atoms with Crippen LogP contribution in [0.4, 0.5) is 5.69 Å². The Balaban J connectivity index is 1.94. The van der Waals surface area contributed by atoms with Crippen molar-refractivity contribution < 1.29 is 19.1 Å². The minimum atomic E-state index is -0.349. The summed E-state index contributed by atoms with van der Waals surface area (Å²) >= 11 is 5.22. The van der Waals surface area contributed by atoms with Gasteiger partial charge in [0.2, 0.25) is 0 Å². The Morgan fingerprint density at radius 1 is 1.00 bits per heavy atom. The highest BCUT2D eigenvalue weighted by Gasteiger charge is 2.10. The molecule has 0 radical (unpaired) electrons. The first-order valence-corrected chi connectivity index (χ1v) is 9.66. The van der Waals surface area contributed by atoms with Crippen molar-refractivity contribution in [3.05, 3.63) is 59.7 Å². The van der Waals surface area contributed by atoms with Gasteiger partial charge in [-0.2, -0.15) is 0 Å². The van der Waals surface area contributed by atoms with Crippen LogP contribution in [-0.2, 0) is 4.74 Å². The predicted molar refractivity (Wildman–Crippen MR) is 117 cm³/mol. The molecule has 3 N–H and O–H groups in total. The average Bonchev–Trinajstić information content (AvgIpc) is 2.72. The molecule has 2 amide bonds. The number of hydrogen-bond acceptors (Lipinski definition) is 5. The molecule has 7 nitrogen and oxygen atoms in total. The number of hydrogen-bond donors (Lipinski definition) is 3. The van der Waals surface area contributed by atoms with Gasteiger partial charge < -0.3 is 20.1 Å². The van der Waals surface area contributed by atoms with E-state index in [0.717, 1.165) is 6.42 Å². The number of ether oxygens (including phenoxy) is 2. The van der Waals surface area contributed by atoms with Crippen LogP contribution < -0.4 is 20.7 Å². The molecule has 0 saturated heterocycles. The van der Waals surface area contributed by atoms with Crippen molar-refractivity contribution in [3.8, 4) is 5.75 Å². The standard InChI is InChI=1S/C21H25N3O4S/c1-3-11-28-18-9-5-7-16(14-18)20(26)24-21(29)23-17-8-4-6-15(13-17)19(25)22-10-12-27-2/h4-9,13-14H,3,10-12H2,1-2H3,(H,22,25)(H2,23,24,26,29). The highest BCUT2D eigenvalue weighted by molar-refractivity contribution is 7.80. The number of carbonyl (C=O) groups is 2. The molecule has 0 aromatic heterocycles. The molecule has 2 rings (SSSR count). The molecule has 8 heteroatoms. The van der Waals surface area contributed by atoms with Gasteiger partial charge in [-0.05, 0) is 55.0 Å². The Kier molecular flexibility index (Phi) is 9.07. The molecule has 0 heterocycles. The van der Waals surface area contributed by atoms with Crippen molar-refractivity contribution in [1.82, 2.24) is 10.6 Å². The Bertz CT molecular complexity index is 857. The lowest BCUT2D eigenvalue weighted by atomic mass is 10.2. The number of thiocarbonyl (C=S) groups is 1. The van der Waals surface area contributed by atoms with Crippen molar-refractivity contribution in [2.75, 3.05) is 32.2 Å². The van der Waals surface area contributed by atoms with E-state index in [1.807, 2.05) is 6.92 Å². The van der Waals surface area contributed by atoms with Crippen LogP contribution in [0.3, 0.4) is 0 Å². The summed E-state index contributed by atoms with van der Waals surface area (Å²) < 4.78 is 10.5. The van der Waals surface area contributed by atoms with Gasteiger partial charge in [0.1, 0.15) is 5.75 Å². The topological polar surface area (TPSA) is 88.7 Å². The molecular weight excluding hydrogens is 390 g/mol. The Labute approximate surface area is 175 Å². The van der Waals surface area contributed by atoms with Gasteiger partial charge >= 0.3 is 0 Å². The molecule has 0 bridgehead atoms. The summed E-state index contributed by atoms with van der Waals surface area (Å²) in [5, 5.41) is 8.42. The van der Waals surface area contributed by atoms with E-state index in [1.165, 1.54) is 0 Å². The van der Waals surface area contributed by atoms with Gasteiger partial charge in [-0.15, -0.1) is 0 Å². The monoisotopic (exact) mass is 415 g/mol. The zero-order valence-corrected chi connectivity index (χ0v) is 17.3. The van der Waals surface area contributed by atoms with E-state index in [9.17, 15) is 9.59 Å². The van der Waals surface area contributed by atoms with Gasteiger partial charge in [-0.25, -0.2) is 0 Å². The SMILES string of the molecule is CCCOc1cccc(C(=O)NC(=S)Nc2cccc(C(=O)NCCOC)c2)c1. The molecule has 0 fully saturated rings. The maximum atomic E-state index is 12.4. The van der Waals surface area contributed by atoms with E-state index in [1.54, 1.807) is 55.6 Å². The number of nitrogens with one attached hydrogen (secondary N) is 3. The molecule has 0 aliphatic heterocycles. The van der Waals surface area contributed by atoms with Crippen molar-refractivity contribution in [1.29, 1.82) is 0 Å². The van der Waals surface area contributed by atoms with E-state index in [-0.39, 0.29) is 16.9 Å². The van der Waals surface area contributed by atoms with Crippen molar-refractivity contribution in [2.24, 2.45) is 0 Å². The quantitative estimate of drug-likeness (QED) is 0.431. The summed E-state index contributed by atoms with van der Waals surface area (Å²) in [5.74, 6) is 0.0630. The lowest BCUT2D eigenvalue weighted by Gasteiger charge is -2.12. The predicted octanol–water partition coefficient (Wildman–Crippen LogP) is 2.98. The van der Waals surface area contributed by atoms with Crippen LogP contribution in [0.15, 0.2) is 48.5 Å². The number of rotatable bonds is 9. The summed E-state index contributed by atoms with van der Waals surface area (Å²) in [6.45, 7) is 3.45. The second-order valence-corrected chi connectivity index (χ2v) is 6.52. The third-order valence-electron chi connectivity index (χ3n) is 3.77. The molecule has 0 saturated carbocycles. The first-order chi connectivity index (χ1) is 14.0. The van der Waals surface area contributed by atoms with Crippen molar-refractivity contribution >= 4 is 34.8 Å². The number of amides is 2. The highest BCUT2D eigenvalue weighted by Crippen LogP contribution is 2.14. The Hall–Kier alpha value is -2.97. The van der Waals surface area contributed by atoms with Crippen molar-refractivity contribution in [2.45, 2.75) is 13.3 Å². The summed E-state index contributed by atoms with van der Waals surface area (Å²) in [7, 11) is 1.57. The normalized spacial score (nSPS) is 10.1. The van der Waals surface area contributed by atoms with Gasteiger partial charge in [0, 0.05) is 30.5 Å². The van der Waals surface area contributed by atoms with Crippen molar-refractivity contribution in [3.63, 3.8) is 0 Å². The fourth-order valence-electron chi connectivity index (χ4n) is 2.39. The summed E-state index contributed by atoms with van der Waals surface area (Å²) in [6, 6.07) is 13.7. The smallest absolute Gasteiger partial charge is 0.257 e. The lowest BCUT2D eigenvalue weighted by Crippen LogP contribution is -2.34. The molecule has 2 aromatic carbocycles. The molecule has 154 valence electrons. The van der Waals surface area contributed by atoms with Crippen LogP contribution in [0.1, 0.15) is 34.1 Å². The van der Waals surface area contributed by atoms with E-state index in [2.05, 4.69) is 16.0 Å². The minimum Gasteiger partial charge on any atom is -0.494 e.